The zero-order chi connectivity index (χ0) is 23.6. The highest BCUT2D eigenvalue weighted by Gasteiger charge is 2.31. The van der Waals surface area contributed by atoms with Crippen molar-refractivity contribution in [3.63, 3.8) is 0 Å². The van der Waals surface area contributed by atoms with Gasteiger partial charge in [0.15, 0.2) is 0 Å². The fraction of sp³-hybridized carbons (Fsp3) is 0.478. The number of halogens is 1. The Labute approximate surface area is 205 Å². The number of benzene rings is 2. The number of aromatic nitrogens is 3. The molecule has 10 heteroatoms. The first-order valence-corrected chi connectivity index (χ1v) is 17.2. The van der Waals surface area contributed by atoms with Gasteiger partial charge in [0.1, 0.15) is 17.8 Å². The lowest BCUT2D eigenvalue weighted by molar-refractivity contribution is 0.0802. The molecule has 0 amide bonds. The lowest BCUT2D eigenvalue weighted by Crippen LogP contribution is -2.37. The highest BCUT2D eigenvalue weighted by Crippen LogP contribution is 2.33. The molecule has 1 aliphatic heterocycles. The molecule has 0 atom stereocenters. The molecule has 0 N–H and O–H groups in total. The van der Waals surface area contributed by atoms with E-state index in [4.69, 9.17) is 4.74 Å². The number of hydrogen-bond acceptors (Lipinski definition) is 5. The van der Waals surface area contributed by atoms with Crippen LogP contribution in [0.1, 0.15) is 24.3 Å². The van der Waals surface area contributed by atoms with Crippen LogP contribution in [0.25, 0.3) is 11.0 Å². The molecule has 178 valence electrons. The number of rotatable bonds is 8. The summed E-state index contributed by atoms with van der Waals surface area (Å²) in [5, 5.41) is 8.39. The molecule has 3 aromatic rings. The molecule has 7 nitrogen and oxygen atoms in total. The van der Waals surface area contributed by atoms with E-state index in [0.717, 1.165) is 24.4 Å². The Morgan fingerprint density at radius 1 is 1.12 bits per heavy atom. The second-order valence-corrected chi connectivity index (χ2v) is 18.2. The lowest BCUT2D eigenvalue weighted by atomic mass is 9.90. The van der Waals surface area contributed by atoms with Crippen LogP contribution in [0.5, 0.6) is 0 Å². The fourth-order valence-electron chi connectivity index (χ4n) is 4.11. The average Bonchev–Trinajstić information content (AvgIpc) is 3.20. The maximum Gasteiger partial charge on any atom is 0.243 e. The second-order valence-electron chi connectivity index (χ2n) is 9.80. The molecule has 0 spiro atoms. The van der Waals surface area contributed by atoms with Crippen LogP contribution in [0.4, 0.5) is 0 Å². The van der Waals surface area contributed by atoms with E-state index in [-0.39, 0.29) is 4.90 Å². The largest absolute Gasteiger partial charge is 0.359 e. The predicted octanol–water partition coefficient (Wildman–Crippen LogP) is 5.07. The topological polar surface area (TPSA) is 77.3 Å². The molecule has 1 saturated heterocycles. The summed E-state index contributed by atoms with van der Waals surface area (Å²) in [6.07, 6.45) is 1.63. The van der Waals surface area contributed by atoms with Crippen molar-refractivity contribution in [3.8, 4) is 0 Å². The first kappa shape index (κ1) is 24.5. The van der Waals surface area contributed by atoms with Crippen LogP contribution in [-0.2, 0) is 21.5 Å². The van der Waals surface area contributed by atoms with Gasteiger partial charge in [-0.05, 0) is 58.4 Å². The van der Waals surface area contributed by atoms with Crippen molar-refractivity contribution in [1.29, 1.82) is 0 Å². The summed E-state index contributed by atoms with van der Waals surface area (Å²) in [5.41, 5.74) is 2.56. The van der Waals surface area contributed by atoms with E-state index in [1.54, 1.807) is 21.1 Å². The zero-order valence-corrected chi connectivity index (χ0v) is 22.8. The minimum atomic E-state index is -3.61. The van der Waals surface area contributed by atoms with E-state index in [1.165, 1.54) is 5.56 Å². The van der Waals surface area contributed by atoms with Crippen molar-refractivity contribution >= 4 is 45.1 Å². The van der Waals surface area contributed by atoms with Crippen LogP contribution in [0, 0.1) is 0 Å². The third-order valence-electron chi connectivity index (χ3n) is 6.11. The maximum atomic E-state index is 13.4. The minimum absolute atomic E-state index is 0.242. The number of piperidine rings is 1. The number of hydrogen-bond donors (Lipinski definition) is 0. The Bertz CT molecular complexity index is 1200. The summed E-state index contributed by atoms with van der Waals surface area (Å²) in [4.78, 5) is 0.242. The van der Waals surface area contributed by atoms with Crippen LogP contribution in [0.3, 0.4) is 0 Å². The quantitative estimate of drug-likeness (QED) is 0.289. The lowest BCUT2D eigenvalue weighted by Gasteiger charge is -2.31. The Hall–Kier alpha value is -1.59. The molecular formula is C23H31BrN4O3SSi. The van der Waals surface area contributed by atoms with Crippen LogP contribution in [0.15, 0.2) is 51.8 Å². The molecule has 0 saturated carbocycles. The number of nitrogens with zero attached hydrogens (tertiary/aromatic N) is 4. The van der Waals surface area contributed by atoms with Crippen molar-refractivity contribution < 1.29 is 13.2 Å². The Morgan fingerprint density at radius 2 is 1.82 bits per heavy atom. The normalized spacial score (nSPS) is 16.5. The zero-order valence-electron chi connectivity index (χ0n) is 19.4. The van der Waals surface area contributed by atoms with E-state index < -0.39 is 18.1 Å². The van der Waals surface area contributed by atoms with Crippen molar-refractivity contribution in [2.24, 2.45) is 0 Å². The highest BCUT2D eigenvalue weighted by atomic mass is 79.9. The second kappa shape index (κ2) is 9.95. The summed E-state index contributed by atoms with van der Waals surface area (Å²) in [7, 11) is -4.77. The van der Waals surface area contributed by atoms with E-state index >= 15 is 0 Å². The Kier molecular flexibility index (Phi) is 7.40. The van der Waals surface area contributed by atoms with Crippen molar-refractivity contribution in [1.82, 2.24) is 19.3 Å². The van der Waals surface area contributed by atoms with Gasteiger partial charge in [-0.3, -0.25) is 0 Å². The summed E-state index contributed by atoms with van der Waals surface area (Å²) in [5.74, 6) is 0.396. The Balaban J connectivity index is 1.47. The van der Waals surface area contributed by atoms with Gasteiger partial charge in [0, 0.05) is 32.2 Å². The third-order valence-corrected chi connectivity index (χ3v) is 10.3. The third kappa shape index (κ3) is 5.74. The molecular weight excluding hydrogens is 520 g/mol. The van der Waals surface area contributed by atoms with Crippen molar-refractivity contribution in [2.45, 2.75) is 56.1 Å². The van der Waals surface area contributed by atoms with Gasteiger partial charge in [0.05, 0.1) is 4.90 Å². The molecule has 2 heterocycles. The van der Waals surface area contributed by atoms with Gasteiger partial charge >= 0.3 is 0 Å². The number of ether oxygens (including phenoxy) is 1. The number of fused-ring (bicyclic) bond motifs is 1. The molecule has 0 unspecified atom stereocenters. The molecule has 0 bridgehead atoms. The van der Waals surface area contributed by atoms with E-state index in [0.29, 0.717) is 42.3 Å². The molecule has 1 aliphatic rings. The van der Waals surface area contributed by atoms with Crippen LogP contribution in [-0.4, -0.2) is 55.5 Å². The molecule has 1 aromatic heterocycles. The highest BCUT2D eigenvalue weighted by molar-refractivity contribution is 9.10. The molecule has 33 heavy (non-hydrogen) atoms. The maximum absolute atomic E-state index is 13.4. The molecule has 4 rings (SSSR count). The summed E-state index contributed by atoms with van der Waals surface area (Å²) in [6, 6.07) is 14.7. The first-order chi connectivity index (χ1) is 15.6. The smallest absolute Gasteiger partial charge is 0.243 e. The van der Waals surface area contributed by atoms with Crippen molar-refractivity contribution in [2.75, 3.05) is 19.7 Å². The van der Waals surface area contributed by atoms with Gasteiger partial charge in [-0.2, -0.15) is 4.31 Å². The first-order valence-electron chi connectivity index (χ1n) is 11.3. The molecule has 2 aromatic carbocycles. The Morgan fingerprint density at radius 3 is 2.48 bits per heavy atom. The monoisotopic (exact) mass is 550 g/mol. The van der Waals surface area contributed by atoms with E-state index in [1.807, 2.05) is 18.2 Å². The predicted molar refractivity (Wildman–Crippen MR) is 137 cm³/mol. The van der Waals surface area contributed by atoms with E-state index in [2.05, 4.69) is 58.0 Å². The summed E-state index contributed by atoms with van der Waals surface area (Å²) < 4.78 is 36.4. The summed E-state index contributed by atoms with van der Waals surface area (Å²) >= 11 is 3.54. The van der Waals surface area contributed by atoms with Gasteiger partial charge < -0.3 is 4.74 Å². The van der Waals surface area contributed by atoms with Crippen LogP contribution in [0.2, 0.25) is 25.7 Å². The van der Waals surface area contributed by atoms with Gasteiger partial charge in [-0.1, -0.05) is 55.2 Å². The van der Waals surface area contributed by atoms with Crippen LogP contribution < -0.4 is 0 Å². The van der Waals surface area contributed by atoms with Gasteiger partial charge in [0.2, 0.25) is 10.0 Å². The average molecular weight is 552 g/mol. The van der Waals surface area contributed by atoms with E-state index in [9.17, 15) is 8.42 Å². The van der Waals surface area contributed by atoms with Gasteiger partial charge in [-0.15, -0.1) is 5.10 Å². The molecule has 1 fully saturated rings. The minimum Gasteiger partial charge on any atom is -0.359 e. The fourth-order valence-corrected chi connectivity index (χ4v) is 7.19. The van der Waals surface area contributed by atoms with Gasteiger partial charge in [-0.25, -0.2) is 13.1 Å². The number of sulfonamides is 1. The summed E-state index contributed by atoms with van der Waals surface area (Å²) in [6.45, 7) is 8.92. The van der Waals surface area contributed by atoms with Crippen molar-refractivity contribution in [3.05, 3.63) is 52.5 Å². The van der Waals surface area contributed by atoms with Gasteiger partial charge in [0.25, 0.3) is 0 Å². The standard InChI is InChI=1S/C23H31BrN4O3SSi/c1-33(2,3)14-13-31-17-28-23-21(24)15-20(16-22(23)25-26-28)32(29,30)27-11-9-19(10-12-27)18-7-5-4-6-8-18/h4-8,15-16,19H,9-14,17H2,1-3H3. The SMILES string of the molecule is C[Si](C)(C)CCOCn1nnc2cc(S(=O)(=O)N3CCC(c4ccccc4)CC3)cc(Br)c21. The molecule has 0 radical (unpaired) electrons. The van der Waals surface area contributed by atoms with Crippen LogP contribution >= 0.6 is 15.9 Å². The molecule has 0 aliphatic carbocycles.